The van der Waals surface area contributed by atoms with Crippen molar-refractivity contribution in [2.75, 3.05) is 26.3 Å². The van der Waals surface area contributed by atoms with E-state index < -0.39 is 0 Å². The summed E-state index contributed by atoms with van der Waals surface area (Å²) in [6, 6.07) is 5.65. The highest BCUT2D eigenvalue weighted by atomic mass is 35.5. The van der Waals surface area contributed by atoms with Gasteiger partial charge in [-0.25, -0.2) is 0 Å². The van der Waals surface area contributed by atoms with Crippen molar-refractivity contribution in [1.29, 1.82) is 0 Å². The van der Waals surface area contributed by atoms with Crippen molar-refractivity contribution in [2.24, 2.45) is 0 Å². The summed E-state index contributed by atoms with van der Waals surface area (Å²) in [5.74, 6) is 0.158. The molecule has 0 radical (unpaired) electrons. The van der Waals surface area contributed by atoms with Crippen molar-refractivity contribution in [3.05, 3.63) is 29.4 Å². The van der Waals surface area contributed by atoms with Crippen LogP contribution in [0.15, 0.2) is 24.4 Å². The molecule has 0 unspecified atom stereocenters. The van der Waals surface area contributed by atoms with Crippen LogP contribution in [0, 0.1) is 0 Å². The molecule has 1 aromatic heterocycles. The Kier molecular flexibility index (Phi) is 3.89. The van der Waals surface area contributed by atoms with Gasteiger partial charge < -0.3 is 9.64 Å². The minimum atomic E-state index is 0.158. The highest BCUT2D eigenvalue weighted by Gasteiger charge is 2.16. The zero-order valence-electron chi connectivity index (χ0n) is 11.1. The van der Waals surface area contributed by atoms with E-state index >= 15 is 0 Å². The van der Waals surface area contributed by atoms with Crippen molar-refractivity contribution >= 4 is 28.4 Å². The van der Waals surface area contributed by atoms with Gasteiger partial charge in [-0.1, -0.05) is 11.6 Å². The molecule has 1 amide bonds. The molecule has 0 N–H and O–H groups in total. The summed E-state index contributed by atoms with van der Waals surface area (Å²) in [6.45, 7) is 3.23. The number of amides is 1. The Labute approximate surface area is 122 Å². The summed E-state index contributed by atoms with van der Waals surface area (Å²) >= 11 is 5.95. The molecule has 0 spiro atoms. The van der Waals surface area contributed by atoms with Gasteiger partial charge in [-0.05, 0) is 18.2 Å². The quantitative estimate of drug-likeness (QED) is 0.869. The fourth-order valence-electron chi connectivity index (χ4n) is 2.41. The van der Waals surface area contributed by atoms with Gasteiger partial charge in [-0.3, -0.25) is 9.48 Å². The van der Waals surface area contributed by atoms with Gasteiger partial charge in [0.1, 0.15) is 0 Å². The summed E-state index contributed by atoms with van der Waals surface area (Å²) < 4.78 is 7.10. The van der Waals surface area contributed by atoms with E-state index in [0.29, 0.717) is 44.3 Å². The number of hydrogen-bond donors (Lipinski definition) is 0. The Morgan fingerprint density at radius 3 is 2.95 bits per heavy atom. The van der Waals surface area contributed by atoms with Gasteiger partial charge in [0.15, 0.2) is 0 Å². The molecule has 2 heterocycles. The number of fused-ring (bicyclic) bond motifs is 1. The predicted molar refractivity (Wildman–Crippen MR) is 76.8 cm³/mol. The first-order chi connectivity index (χ1) is 9.74. The normalized spacial score (nSPS) is 15.8. The van der Waals surface area contributed by atoms with E-state index in [1.807, 2.05) is 27.8 Å². The maximum atomic E-state index is 12.1. The minimum absolute atomic E-state index is 0.158. The third kappa shape index (κ3) is 2.78. The fourth-order valence-corrected chi connectivity index (χ4v) is 2.59. The zero-order valence-corrected chi connectivity index (χ0v) is 11.8. The number of carbonyl (C=O) groups excluding carboxylic acids is 1. The molecule has 106 valence electrons. The van der Waals surface area contributed by atoms with Crippen LogP contribution < -0.4 is 0 Å². The van der Waals surface area contributed by atoms with E-state index in [2.05, 4.69) is 5.10 Å². The molecule has 0 atom stereocenters. The van der Waals surface area contributed by atoms with Crippen molar-refractivity contribution in [2.45, 2.75) is 13.0 Å². The van der Waals surface area contributed by atoms with Crippen LogP contribution in [0.5, 0.6) is 0 Å². The minimum Gasteiger partial charge on any atom is -0.378 e. The van der Waals surface area contributed by atoms with E-state index in [9.17, 15) is 4.79 Å². The summed E-state index contributed by atoms with van der Waals surface area (Å²) in [5, 5.41) is 6.01. The average molecular weight is 294 g/mol. The number of carbonyl (C=O) groups is 1. The lowest BCUT2D eigenvalue weighted by Gasteiger charge is -2.26. The molecular formula is C14H16ClN3O2. The Morgan fingerprint density at radius 2 is 2.15 bits per heavy atom. The smallest absolute Gasteiger partial charge is 0.224 e. The maximum absolute atomic E-state index is 12.1. The van der Waals surface area contributed by atoms with Crippen LogP contribution in [-0.2, 0) is 16.1 Å². The monoisotopic (exact) mass is 293 g/mol. The van der Waals surface area contributed by atoms with Crippen LogP contribution in [0.3, 0.4) is 0 Å². The molecule has 0 bridgehead atoms. The van der Waals surface area contributed by atoms with E-state index in [1.165, 1.54) is 0 Å². The van der Waals surface area contributed by atoms with E-state index in [-0.39, 0.29) is 5.91 Å². The first kappa shape index (κ1) is 13.4. The molecule has 5 nitrogen and oxygen atoms in total. The summed E-state index contributed by atoms with van der Waals surface area (Å²) in [6.07, 6.45) is 2.24. The van der Waals surface area contributed by atoms with Crippen LogP contribution in [0.4, 0.5) is 0 Å². The Bertz CT molecular complexity index is 620. The Hall–Kier alpha value is -1.59. The molecular weight excluding hydrogens is 278 g/mol. The van der Waals surface area contributed by atoms with Gasteiger partial charge in [0.25, 0.3) is 0 Å². The topological polar surface area (TPSA) is 47.4 Å². The lowest BCUT2D eigenvalue weighted by molar-refractivity contribution is -0.135. The van der Waals surface area contributed by atoms with Crippen LogP contribution >= 0.6 is 11.6 Å². The van der Waals surface area contributed by atoms with E-state index in [4.69, 9.17) is 16.3 Å². The third-order valence-corrected chi connectivity index (χ3v) is 3.74. The number of hydrogen-bond acceptors (Lipinski definition) is 3. The van der Waals surface area contributed by atoms with Crippen LogP contribution in [0.1, 0.15) is 6.42 Å². The molecule has 1 aliphatic rings. The average Bonchev–Trinajstić information content (AvgIpc) is 2.88. The van der Waals surface area contributed by atoms with Gasteiger partial charge in [0.2, 0.25) is 5.91 Å². The predicted octanol–water partition coefficient (Wildman–Crippen LogP) is 1.94. The standard InChI is InChI=1S/C14H16ClN3O2/c15-12-1-2-13-11(9-12)10-16-18(13)4-3-14(19)17-5-7-20-8-6-17/h1-2,9-10H,3-8H2. The van der Waals surface area contributed by atoms with Crippen LogP contribution in [0.2, 0.25) is 5.02 Å². The third-order valence-electron chi connectivity index (χ3n) is 3.51. The number of aromatic nitrogens is 2. The highest BCUT2D eigenvalue weighted by Crippen LogP contribution is 2.19. The molecule has 0 aliphatic carbocycles. The molecule has 1 aliphatic heterocycles. The number of halogens is 1. The molecule has 1 saturated heterocycles. The van der Waals surface area contributed by atoms with Crippen molar-refractivity contribution in [1.82, 2.24) is 14.7 Å². The second kappa shape index (κ2) is 5.81. The molecule has 2 aromatic rings. The molecule has 20 heavy (non-hydrogen) atoms. The number of benzene rings is 1. The second-order valence-corrected chi connectivity index (χ2v) is 5.25. The lowest BCUT2D eigenvalue weighted by Crippen LogP contribution is -2.41. The highest BCUT2D eigenvalue weighted by molar-refractivity contribution is 6.31. The van der Waals surface area contributed by atoms with Crippen molar-refractivity contribution in [3.8, 4) is 0 Å². The molecule has 6 heteroatoms. The van der Waals surface area contributed by atoms with E-state index in [1.54, 1.807) is 6.20 Å². The summed E-state index contributed by atoms with van der Waals surface area (Å²) in [4.78, 5) is 13.9. The van der Waals surface area contributed by atoms with Gasteiger partial charge >= 0.3 is 0 Å². The van der Waals surface area contributed by atoms with Gasteiger partial charge in [0.05, 0.1) is 31.5 Å². The largest absolute Gasteiger partial charge is 0.378 e. The number of aryl methyl sites for hydroxylation is 1. The second-order valence-electron chi connectivity index (χ2n) is 4.81. The summed E-state index contributed by atoms with van der Waals surface area (Å²) in [7, 11) is 0. The Balaban J connectivity index is 1.66. The SMILES string of the molecule is O=C(CCn1ncc2cc(Cl)ccc21)N1CCOCC1. The number of ether oxygens (including phenoxy) is 1. The molecule has 0 saturated carbocycles. The number of morpholine rings is 1. The van der Waals surface area contributed by atoms with Gasteiger partial charge in [-0.2, -0.15) is 5.10 Å². The number of rotatable bonds is 3. The number of nitrogens with zero attached hydrogens (tertiary/aromatic N) is 3. The van der Waals surface area contributed by atoms with Crippen LogP contribution in [0.25, 0.3) is 10.9 Å². The van der Waals surface area contributed by atoms with Gasteiger partial charge in [0, 0.05) is 29.9 Å². The fraction of sp³-hybridized carbons (Fsp3) is 0.429. The first-order valence-corrected chi connectivity index (χ1v) is 7.08. The Morgan fingerprint density at radius 1 is 1.35 bits per heavy atom. The molecule has 3 rings (SSSR count). The van der Waals surface area contributed by atoms with E-state index in [0.717, 1.165) is 10.9 Å². The first-order valence-electron chi connectivity index (χ1n) is 6.70. The molecule has 1 fully saturated rings. The lowest BCUT2D eigenvalue weighted by atomic mass is 10.2. The van der Waals surface area contributed by atoms with Crippen molar-refractivity contribution in [3.63, 3.8) is 0 Å². The zero-order chi connectivity index (χ0) is 13.9. The molecule has 1 aromatic carbocycles. The van der Waals surface area contributed by atoms with Crippen LogP contribution in [-0.4, -0.2) is 46.9 Å². The van der Waals surface area contributed by atoms with Crippen molar-refractivity contribution < 1.29 is 9.53 Å². The maximum Gasteiger partial charge on any atom is 0.224 e. The summed E-state index contributed by atoms with van der Waals surface area (Å²) in [5.41, 5.74) is 1.00. The van der Waals surface area contributed by atoms with Gasteiger partial charge in [-0.15, -0.1) is 0 Å².